The molecule has 3 nitrogen and oxygen atoms in total. The Kier molecular flexibility index (Phi) is 3.87. The van der Waals surface area contributed by atoms with Crippen LogP contribution in [0.25, 0.3) is 11.0 Å². The van der Waals surface area contributed by atoms with Crippen LogP contribution >= 0.6 is 0 Å². The maximum Gasteiger partial charge on any atom is 0.115 e. The number of nitrogen functional groups attached to an aromatic ring is 1. The normalized spacial score (nSPS) is 23.1. The molecule has 0 amide bonds. The van der Waals surface area contributed by atoms with E-state index >= 15 is 0 Å². The Morgan fingerprint density at radius 3 is 2.55 bits per heavy atom. The van der Waals surface area contributed by atoms with E-state index in [0.29, 0.717) is 18.8 Å². The van der Waals surface area contributed by atoms with Crippen molar-refractivity contribution in [3.8, 4) is 0 Å². The fraction of sp³-hybridized carbons (Fsp3) is 0.611. The molecule has 22 heavy (non-hydrogen) atoms. The number of rotatable bonds is 2. The predicted octanol–water partition coefficient (Wildman–Crippen LogP) is 4.44. The molecule has 0 saturated heterocycles. The van der Waals surface area contributed by atoms with E-state index in [1.54, 1.807) is 0 Å². The van der Waals surface area contributed by atoms with E-state index in [1.807, 2.05) is 12.1 Å². The van der Waals surface area contributed by atoms with Crippen LogP contribution in [0, 0.1) is 5.92 Å². The molecule has 120 valence electrons. The number of alkyl halides is 1. The molecular formula is C18H26FN3. The smallest absolute Gasteiger partial charge is 0.115 e. The van der Waals surface area contributed by atoms with Crippen molar-refractivity contribution in [3.63, 3.8) is 0 Å². The third kappa shape index (κ3) is 2.96. The molecular weight excluding hydrogens is 277 g/mol. The number of fused-ring (bicyclic) bond motifs is 1. The lowest BCUT2D eigenvalue weighted by atomic mass is 9.87. The van der Waals surface area contributed by atoms with Crippen LogP contribution in [0.5, 0.6) is 0 Å². The van der Waals surface area contributed by atoms with E-state index in [9.17, 15) is 4.39 Å². The third-order valence-electron chi connectivity index (χ3n) is 4.66. The van der Waals surface area contributed by atoms with E-state index in [4.69, 9.17) is 10.7 Å². The first kappa shape index (κ1) is 15.3. The van der Waals surface area contributed by atoms with E-state index < -0.39 is 6.17 Å². The zero-order valence-electron chi connectivity index (χ0n) is 13.8. The summed E-state index contributed by atoms with van der Waals surface area (Å²) in [6, 6.07) is 5.94. The van der Waals surface area contributed by atoms with Crippen LogP contribution < -0.4 is 5.73 Å². The average molecular weight is 303 g/mol. The lowest BCUT2D eigenvalue weighted by Crippen LogP contribution is -2.24. The van der Waals surface area contributed by atoms with Gasteiger partial charge in [0.1, 0.15) is 12.0 Å². The minimum absolute atomic E-state index is 0.0227. The Morgan fingerprint density at radius 1 is 1.23 bits per heavy atom. The number of imidazole rings is 1. The van der Waals surface area contributed by atoms with Crippen molar-refractivity contribution in [2.24, 2.45) is 5.92 Å². The number of nitrogens with zero attached hydrogens (tertiary/aromatic N) is 2. The second kappa shape index (κ2) is 5.56. The van der Waals surface area contributed by atoms with Gasteiger partial charge in [-0.1, -0.05) is 20.8 Å². The van der Waals surface area contributed by atoms with E-state index in [1.165, 1.54) is 0 Å². The topological polar surface area (TPSA) is 43.8 Å². The predicted molar refractivity (Wildman–Crippen MR) is 89.7 cm³/mol. The molecule has 1 aromatic carbocycles. The maximum absolute atomic E-state index is 13.4. The Morgan fingerprint density at radius 2 is 1.91 bits per heavy atom. The second-order valence-electron chi connectivity index (χ2n) is 7.66. The highest BCUT2D eigenvalue weighted by Gasteiger charge is 2.26. The van der Waals surface area contributed by atoms with Gasteiger partial charge in [0, 0.05) is 17.6 Å². The Hall–Kier alpha value is -1.58. The van der Waals surface area contributed by atoms with Gasteiger partial charge in [0.2, 0.25) is 0 Å². The van der Waals surface area contributed by atoms with Crippen molar-refractivity contribution in [1.82, 2.24) is 9.55 Å². The van der Waals surface area contributed by atoms with Crippen molar-refractivity contribution in [2.45, 2.75) is 64.6 Å². The highest BCUT2D eigenvalue weighted by molar-refractivity contribution is 5.79. The van der Waals surface area contributed by atoms with E-state index in [2.05, 4.69) is 31.4 Å². The van der Waals surface area contributed by atoms with Crippen molar-refractivity contribution in [3.05, 3.63) is 24.0 Å². The molecule has 0 aliphatic heterocycles. The van der Waals surface area contributed by atoms with Crippen molar-refractivity contribution in [1.29, 1.82) is 0 Å². The molecule has 4 heteroatoms. The van der Waals surface area contributed by atoms with Crippen LogP contribution in [0.15, 0.2) is 18.2 Å². The summed E-state index contributed by atoms with van der Waals surface area (Å²) >= 11 is 0. The molecule has 1 saturated carbocycles. The van der Waals surface area contributed by atoms with Crippen LogP contribution in [-0.2, 0) is 12.0 Å². The molecule has 0 unspecified atom stereocenters. The minimum atomic E-state index is -0.599. The lowest BCUT2D eigenvalue weighted by Gasteiger charge is -2.27. The van der Waals surface area contributed by atoms with Gasteiger partial charge in [-0.3, -0.25) is 0 Å². The molecule has 1 aromatic heterocycles. The third-order valence-corrected chi connectivity index (χ3v) is 4.66. The first-order chi connectivity index (χ1) is 10.3. The summed E-state index contributed by atoms with van der Waals surface area (Å²) in [4.78, 5) is 4.83. The number of aromatic nitrogens is 2. The van der Waals surface area contributed by atoms with Crippen molar-refractivity contribution >= 4 is 16.7 Å². The average Bonchev–Trinajstić information content (AvgIpc) is 2.79. The van der Waals surface area contributed by atoms with Gasteiger partial charge in [0.25, 0.3) is 0 Å². The number of anilines is 1. The van der Waals surface area contributed by atoms with Crippen molar-refractivity contribution < 1.29 is 4.39 Å². The summed E-state index contributed by atoms with van der Waals surface area (Å²) in [5.74, 6) is 1.64. The lowest BCUT2D eigenvalue weighted by molar-refractivity contribution is 0.194. The standard InChI is InChI=1S/C18H26FN3/c1-18(2,3)17-21-15-10-14(20)8-9-16(15)22(17)11-12-4-6-13(19)7-5-12/h8-10,12-13H,4-7,11,20H2,1-3H3. The second-order valence-corrected chi connectivity index (χ2v) is 7.66. The van der Waals surface area contributed by atoms with Gasteiger partial charge in [0.05, 0.1) is 11.0 Å². The highest BCUT2D eigenvalue weighted by Crippen LogP contribution is 2.32. The molecule has 3 rings (SSSR count). The van der Waals surface area contributed by atoms with Crippen LogP contribution in [0.1, 0.15) is 52.3 Å². The first-order valence-corrected chi connectivity index (χ1v) is 8.25. The summed E-state index contributed by atoms with van der Waals surface area (Å²) in [6.07, 6.45) is 2.75. The SMILES string of the molecule is CC(C)(C)c1nc2cc(N)ccc2n1CC1CCC(F)CC1. The highest BCUT2D eigenvalue weighted by atomic mass is 19.1. The zero-order chi connectivity index (χ0) is 15.9. The molecule has 0 atom stereocenters. The van der Waals surface area contributed by atoms with Crippen LogP contribution in [0.2, 0.25) is 0 Å². The van der Waals surface area contributed by atoms with Gasteiger partial charge < -0.3 is 10.3 Å². The van der Waals surface area contributed by atoms with Crippen LogP contribution in [-0.4, -0.2) is 15.7 Å². The van der Waals surface area contributed by atoms with E-state index in [0.717, 1.165) is 41.9 Å². The number of hydrogen-bond acceptors (Lipinski definition) is 2. The molecule has 1 heterocycles. The summed E-state index contributed by atoms with van der Waals surface area (Å²) in [7, 11) is 0. The first-order valence-electron chi connectivity index (χ1n) is 8.25. The Labute approximate surface area is 131 Å². The van der Waals surface area contributed by atoms with Gasteiger partial charge in [-0.2, -0.15) is 0 Å². The van der Waals surface area contributed by atoms with Gasteiger partial charge in [0.15, 0.2) is 0 Å². The largest absolute Gasteiger partial charge is 0.399 e. The van der Waals surface area contributed by atoms with E-state index in [-0.39, 0.29) is 5.41 Å². The molecule has 2 N–H and O–H groups in total. The summed E-state index contributed by atoms with van der Waals surface area (Å²) in [5, 5.41) is 0. The molecule has 0 radical (unpaired) electrons. The molecule has 0 spiro atoms. The summed E-state index contributed by atoms with van der Waals surface area (Å²) in [5.41, 5.74) is 8.73. The van der Waals surface area contributed by atoms with Gasteiger partial charge >= 0.3 is 0 Å². The van der Waals surface area contributed by atoms with Gasteiger partial charge in [-0.05, 0) is 49.8 Å². The molecule has 1 aliphatic rings. The quantitative estimate of drug-likeness (QED) is 0.833. The summed E-state index contributed by atoms with van der Waals surface area (Å²) < 4.78 is 15.7. The summed E-state index contributed by atoms with van der Waals surface area (Å²) in [6.45, 7) is 7.49. The Balaban J connectivity index is 1.98. The molecule has 1 aliphatic carbocycles. The van der Waals surface area contributed by atoms with Gasteiger partial charge in [-0.25, -0.2) is 9.37 Å². The number of benzene rings is 1. The van der Waals surface area contributed by atoms with Crippen LogP contribution in [0.3, 0.4) is 0 Å². The number of halogens is 1. The molecule has 2 aromatic rings. The fourth-order valence-electron chi connectivity index (χ4n) is 3.47. The number of hydrogen-bond donors (Lipinski definition) is 1. The van der Waals surface area contributed by atoms with Crippen molar-refractivity contribution in [2.75, 3.05) is 5.73 Å². The monoisotopic (exact) mass is 303 g/mol. The zero-order valence-corrected chi connectivity index (χ0v) is 13.8. The maximum atomic E-state index is 13.4. The Bertz CT molecular complexity index is 661. The van der Waals surface area contributed by atoms with Gasteiger partial charge in [-0.15, -0.1) is 0 Å². The number of nitrogens with two attached hydrogens (primary N) is 1. The van der Waals surface area contributed by atoms with Crippen LogP contribution in [0.4, 0.5) is 10.1 Å². The molecule has 0 bridgehead atoms. The minimum Gasteiger partial charge on any atom is -0.399 e. The fourth-order valence-corrected chi connectivity index (χ4v) is 3.47. The molecule has 1 fully saturated rings.